The fourth-order valence-electron chi connectivity index (χ4n) is 2.75. The van der Waals surface area contributed by atoms with Crippen molar-refractivity contribution in [2.24, 2.45) is 0 Å². The third-order valence-electron chi connectivity index (χ3n) is 3.94. The lowest BCUT2D eigenvalue weighted by atomic mass is 10.1. The summed E-state index contributed by atoms with van der Waals surface area (Å²) in [6.07, 6.45) is 2.48. The number of hydrogen-bond acceptors (Lipinski definition) is 4. The zero-order chi connectivity index (χ0) is 14.5. The van der Waals surface area contributed by atoms with Crippen LogP contribution in [0.15, 0.2) is 0 Å². The molecule has 2 aliphatic heterocycles. The minimum atomic E-state index is -0.209. The van der Waals surface area contributed by atoms with Crippen molar-refractivity contribution in [3.63, 3.8) is 0 Å². The molecule has 20 heavy (non-hydrogen) atoms. The molecule has 0 bridgehead atoms. The van der Waals surface area contributed by atoms with Crippen LogP contribution in [0, 0.1) is 0 Å². The molecule has 2 heterocycles. The standard InChI is InChI=1S/C14H23N3O3/c1-2-6-15-7-9-16(10-8-15)14(20)11-17-12(18)4-3-5-13(17)19/h2-11H2,1H3. The van der Waals surface area contributed by atoms with Crippen LogP contribution in [0.3, 0.4) is 0 Å². The zero-order valence-corrected chi connectivity index (χ0v) is 12.1. The van der Waals surface area contributed by atoms with Crippen molar-refractivity contribution in [2.75, 3.05) is 39.3 Å². The minimum Gasteiger partial charge on any atom is -0.339 e. The molecule has 0 saturated carbocycles. The van der Waals surface area contributed by atoms with Crippen LogP contribution in [0.1, 0.15) is 32.6 Å². The first kappa shape index (κ1) is 15.0. The van der Waals surface area contributed by atoms with Gasteiger partial charge in [-0.3, -0.25) is 24.2 Å². The van der Waals surface area contributed by atoms with Crippen LogP contribution in [0.25, 0.3) is 0 Å². The molecule has 2 aliphatic rings. The number of imide groups is 1. The fraction of sp³-hybridized carbons (Fsp3) is 0.786. The Morgan fingerprint density at radius 2 is 1.65 bits per heavy atom. The maximum Gasteiger partial charge on any atom is 0.242 e. The maximum absolute atomic E-state index is 12.2. The molecule has 0 aromatic heterocycles. The van der Waals surface area contributed by atoms with Gasteiger partial charge in [0.05, 0.1) is 0 Å². The van der Waals surface area contributed by atoms with Crippen LogP contribution in [-0.4, -0.2) is 71.7 Å². The predicted octanol–water partition coefficient (Wildman–Crippen LogP) is 0.0797. The van der Waals surface area contributed by atoms with Gasteiger partial charge < -0.3 is 4.90 Å². The van der Waals surface area contributed by atoms with Crippen LogP contribution in [0.2, 0.25) is 0 Å². The second-order valence-corrected chi connectivity index (χ2v) is 5.45. The first-order valence-corrected chi connectivity index (χ1v) is 7.45. The predicted molar refractivity (Wildman–Crippen MR) is 73.9 cm³/mol. The van der Waals surface area contributed by atoms with E-state index in [-0.39, 0.29) is 24.3 Å². The molecule has 2 saturated heterocycles. The number of piperazine rings is 1. The SMILES string of the molecule is CCCN1CCN(C(=O)CN2C(=O)CCCC2=O)CC1. The lowest BCUT2D eigenvalue weighted by Crippen LogP contribution is -2.53. The van der Waals surface area contributed by atoms with Gasteiger partial charge in [0.25, 0.3) is 0 Å². The monoisotopic (exact) mass is 281 g/mol. The summed E-state index contributed by atoms with van der Waals surface area (Å²) in [5, 5.41) is 0. The fourth-order valence-corrected chi connectivity index (χ4v) is 2.75. The van der Waals surface area contributed by atoms with Gasteiger partial charge in [-0.1, -0.05) is 6.92 Å². The lowest BCUT2D eigenvalue weighted by molar-refractivity contribution is -0.153. The van der Waals surface area contributed by atoms with Crippen LogP contribution in [-0.2, 0) is 14.4 Å². The number of carbonyl (C=O) groups excluding carboxylic acids is 3. The lowest BCUT2D eigenvalue weighted by Gasteiger charge is -2.35. The van der Waals surface area contributed by atoms with E-state index in [2.05, 4.69) is 11.8 Å². The van der Waals surface area contributed by atoms with Crippen molar-refractivity contribution < 1.29 is 14.4 Å². The number of piperidine rings is 1. The minimum absolute atomic E-state index is 0.0779. The maximum atomic E-state index is 12.2. The van der Waals surface area contributed by atoms with E-state index >= 15 is 0 Å². The quantitative estimate of drug-likeness (QED) is 0.685. The van der Waals surface area contributed by atoms with Crippen LogP contribution in [0.4, 0.5) is 0 Å². The van der Waals surface area contributed by atoms with E-state index in [1.54, 1.807) is 4.90 Å². The Balaban J connectivity index is 1.83. The van der Waals surface area contributed by atoms with Crippen molar-refractivity contribution in [3.05, 3.63) is 0 Å². The highest BCUT2D eigenvalue weighted by Gasteiger charge is 2.30. The summed E-state index contributed by atoms with van der Waals surface area (Å²) >= 11 is 0. The van der Waals surface area contributed by atoms with Gasteiger partial charge in [-0.15, -0.1) is 0 Å². The Kier molecular flexibility index (Phi) is 5.11. The van der Waals surface area contributed by atoms with Crippen molar-refractivity contribution in [1.29, 1.82) is 0 Å². The van der Waals surface area contributed by atoms with Crippen molar-refractivity contribution in [1.82, 2.24) is 14.7 Å². The zero-order valence-electron chi connectivity index (χ0n) is 12.1. The van der Waals surface area contributed by atoms with E-state index in [4.69, 9.17) is 0 Å². The van der Waals surface area contributed by atoms with E-state index in [1.165, 1.54) is 0 Å². The Morgan fingerprint density at radius 3 is 2.20 bits per heavy atom. The first-order valence-electron chi connectivity index (χ1n) is 7.45. The van der Waals surface area contributed by atoms with Gasteiger partial charge in [-0.2, -0.15) is 0 Å². The van der Waals surface area contributed by atoms with Crippen molar-refractivity contribution in [3.8, 4) is 0 Å². The molecule has 3 amide bonds. The molecule has 2 fully saturated rings. The Morgan fingerprint density at radius 1 is 1.05 bits per heavy atom. The summed E-state index contributed by atoms with van der Waals surface area (Å²) in [5.74, 6) is -0.525. The molecule has 0 unspecified atom stereocenters. The smallest absolute Gasteiger partial charge is 0.242 e. The van der Waals surface area contributed by atoms with Gasteiger partial charge in [0.15, 0.2) is 0 Å². The van der Waals surface area contributed by atoms with E-state index < -0.39 is 0 Å². The van der Waals surface area contributed by atoms with Crippen molar-refractivity contribution in [2.45, 2.75) is 32.6 Å². The molecule has 2 rings (SSSR count). The van der Waals surface area contributed by atoms with E-state index in [9.17, 15) is 14.4 Å². The largest absolute Gasteiger partial charge is 0.339 e. The molecule has 0 aromatic carbocycles. The van der Waals surface area contributed by atoms with Gasteiger partial charge in [0.1, 0.15) is 6.54 Å². The van der Waals surface area contributed by atoms with Gasteiger partial charge in [-0.25, -0.2) is 0 Å². The summed E-state index contributed by atoms with van der Waals surface area (Å²) in [5.41, 5.74) is 0. The van der Waals surface area contributed by atoms with Gasteiger partial charge in [0, 0.05) is 39.0 Å². The van der Waals surface area contributed by atoms with Crippen LogP contribution >= 0.6 is 0 Å². The number of likely N-dealkylation sites (tertiary alicyclic amines) is 1. The Hall–Kier alpha value is -1.43. The summed E-state index contributed by atoms with van der Waals surface area (Å²) in [6.45, 7) is 6.26. The highest BCUT2D eigenvalue weighted by Crippen LogP contribution is 2.13. The molecular formula is C14H23N3O3. The van der Waals surface area contributed by atoms with Gasteiger partial charge in [-0.05, 0) is 19.4 Å². The number of rotatable bonds is 4. The first-order chi connectivity index (χ1) is 9.61. The molecule has 0 atom stereocenters. The number of hydrogen-bond donors (Lipinski definition) is 0. The molecule has 6 heteroatoms. The highest BCUT2D eigenvalue weighted by molar-refractivity contribution is 6.00. The molecule has 0 N–H and O–H groups in total. The van der Waals surface area contributed by atoms with Crippen LogP contribution < -0.4 is 0 Å². The third-order valence-corrected chi connectivity index (χ3v) is 3.94. The van der Waals surface area contributed by atoms with E-state index in [1.807, 2.05) is 0 Å². The molecule has 0 aliphatic carbocycles. The van der Waals surface area contributed by atoms with Crippen molar-refractivity contribution >= 4 is 17.7 Å². The summed E-state index contributed by atoms with van der Waals surface area (Å²) in [7, 11) is 0. The molecule has 0 spiro atoms. The summed E-state index contributed by atoms with van der Waals surface area (Å²) in [4.78, 5) is 40.8. The molecule has 112 valence electrons. The molecule has 0 radical (unpaired) electrons. The summed E-state index contributed by atoms with van der Waals surface area (Å²) in [6, 6.07) is 0. The van der Waals surface area contributed by atoms with Gasteiger partial charge in [0.2, 0.25) is 17.7 Å². The highest BCUT2D eigenvalue weighted by atomic mass is 16.2. The van der Waals surface area contributed by atoms with Crippen LogP contribution in [0.5, 0.6) is 0 Å². The third kappa shape index (κ3) is 3.56. The normalized spacial score (nSPS) is 21.4. The average Bonchev–Trinajstić information content (AvgIpc) is 2.44. The number of amides is 3. The van der Waals surface area contributed by atoms with E-state index in [0.29, 0.717) is 32.4 Å². The second-order valence-electron chi connectivity index (χ2n) is 5.45. The molecule has 6 nitrogen and oxygen atoms in total. The van der Waals surface area contributed by atoms with Gasteiger partial charge >= 0.3 is 0 Å². The second kappa shape index (κ2) is 6.83. The summed E-state index contributed by atoms with van der Waals surface area (Å²) < 4.78 is 0. The Labute approximate surface area is 119 Å². The number of carbonyl (C=O) groups is 3. The number of nitrogens with zero attached hydrogens (tertiary/aromatic N) is 3. The average molecular weight is 281 g/mol. The topological polar surface area (TPSA) is 60.9 Å². The molecular weight excluding hydrogens is 258 g/mol. The Bertz CT molecular complexity index is 373. The molecule has 0 aromatic rings. The van der Waals surface area contributed by atoms with E-state index in [0.717, 1.165) is 31.0 Å².